The van der Waals surface area contributed by atoms with E-state index in [2.05, 4.69) is 15.9 Å². The van der Waals surface area contributed by atoms with Crippen LogP contribution in [-0.4, -0.2) is 19.2 Å². The third kappa shape index (κ3) is 5.24. The summed E-state index contributed by atoms with van der Waals surface area (Å²) >= 11 is 9.24. The van der Waals surface area contributed by atoms with Crippen LogP contribution in [0, 0.1) is 0 Å². The van der Waals surface area contributed by atoms with E-state index >= 15 is 0 Å². The smallest absolute Gasteiger partial charge is 0.330 e. The van der Waals surface area contributed by atoms with Crippen LogP contribution in [0.2, 0.25) is 5.02 Å². The first-order valence-corrected chi connectivity index (χ1v) is 6.21. The van der Waals surface area contributed by atoms with Crippen molar-refractivity contribution in [1.29, 1.82) is 0 Å². The Bertz CT molecular complexity index is 418. The number of rotatable bonds is 5. The highest BCUT2D eigenvalue weighted by Crippen LogP contribution is 2.27. The van der Waals surface area contributed by atoms with E-state index in [-0.39, 0.29) is 12.6 Å². The largest absolute Gasteiger partial charge is 0.488 e. The second-order valence-electron chi connectivity index (χ2n) is 3.04. The molecule has 0 amide bonds. The Kier molecular flexibility index (Phi) is 6.08. The molecular formula is C12H12BrClO3. The lowest BCUT2D eigenvalue weighted by atomic mass is 10.3. The van der Waals surface area contributed by atoms with Crippen molar-refractivity contribution in [3.05, 3.63) is 39.8 Å². The molecule has 0 atom stereocenters. The van der Waals surface area contributed by atoms with Crippen molar-refractivity contribution in [1.82, 2.24) is 0 Å². The third-order valence-corrected chi connectivity index (χ3v) is 2.57. The predicted molar refractivity (Wildman–Crippen MR) is 70.4 cm³/mol. The van der Waals surface area contributed by atoms with Crippen molar-refractivity contribution >= 4 is 33.5 Å². The second kappa shape index (κ2) is 7.35. The minimum absolute atomic E-state index is 0.259. The zero-order valence-electron chi connectivity index (χ0n) is 9.28. The molecule has 1 aromatic rings. The molecule has 17 heavy (non-hydrogen) atoms. The van der Waals surface area contributed by atoms with Crippen LogP contribution in [0.15, 0.2) is 34.8 Å². The van der Waals surface area contributed by atoms with E-state index in [0.29, 0.717) is 17.4 Å². The molecule has 92 valence electrons. The van der Waals surface area contributed by atoms with Crippen LogP contribution in [0.3, 0.4) is 0 Å². The van der Waals surface area contributed by atoms with Gasteiger partial charge in [0.05, 0.1) is 11.6 Å². The molecule has 0 saturated carbocycles. The number of esters is 1. The molecule has 0 aliphatic heterocycles. The summed E-state index contributed by atoms with van der Waals surface area (Å²) in [4.78, 5) is 11.0. The summed E-state index contributed by atoms with van der Waals surface area (Å²) in [6, 6.07) is 5.32. The van der Waals surface area contributed by atoms with E-state index in [1.54, 1.807) is 25.1 Å². The summed E-state index contributed by atoms with van der Waals surface area (Å²) in [6.45, 7) is 2.37. The normalized spacial score (nSPS) is 10.5. The Balaban J connectivity index is 2.45. The number of carbonyl (C=O) groups excluding carboxylic acids is 1. The summed E-state index contributed by atoms with van der Waals surface area (Å²) in [5.41, 5.74) is 0. The highest BCUT2D eigenvalue weighted by atomic mass is 79.9. The predicted octanol–water partition coefficient (Wildman–Crippen LogP) is 3.60. The molecule has 0 radical (unpaired) electrons. The minimum Gasteiger partial charge on any atom is -0.488 e. The van der Waals surface area contributed by atoms with Gasteiger partial charge in [0.15, 0.2) is 0 Å². The maximum Gasteiger partial charge on any atom is 0.330 e. The Hall–Kier alpha value is -1.000. The van der Waals surface area contributed by atoms with Gasteiger partial charge in [-0.15, -0.1) is 0 Å². The molecule has 0 spiro atoms. The summed E-state index contributed by atoms with van der Waals surface area (Å²) in [7, 11) is 0. The molecule has 0 aromatic heterocycles. The van der Waals surface area contributed by atoms with Gasteiger partial charge in [-0.2, -0.15) is 0 Å². The fourth-order valence-corrected chi connectivity index (χ4v) is 1.57. The van der Waals surface area contributed by atoms with Crippen molar-refractivity contribution in [2.24, 2.45) is 0 Å². The van der Waals surface area contributed by atoms with Crippen LogP contribution in [0.4, 0.5) is 0 Å². The van der Waals surface area contributed by atoms with Crippen molar-refractivity contribution in [3.63, 3.8) is 0 Å². The average Bonchev–Trinajstić information content (AvgIpc) is 2.29. The van der Waals surface area contributed by atoms with E-state index < -0.39 is 0 Å². The number of hydrogen-bond acceptors (Lipinski definition) is 3. The van der Waals surface area contributed by atoms with Gasteiger partial charge in [0.25, 0.3) is 0 Å². The van der Waals surface area contributed by atoms with E-state index in [9.17, 15) is 4.79 Å². The van der Waals surface area contributed by atoms with Gasteiger partial charge in [0, 0.05) is 10.5 Å². The van der Waals surface area contributed by atoms with E-state index in [4.69, 9.17) is 21.1 Å². The van der Waals surface area contributed by atoms with Crippen LogP contribution in [-0.2, 0) is 9.53 Å². The van der Waals surface area contributed by atoms with Gasteiger partial charge in [0.2, 0.25) is 0 Å². The molecular weight excluding hydrogens is 307 g/mol. The molecule has 0 N–H and O–H groups in total. The van der Waals surface area contributed by atoms with Gasteiger partial charge in [-0.3, -0.25) is 0 Å². The first kappa shape index (κ1) is 14.1. The molecule has 0 heterocycles. The Morgan fingerprint density at radius 2 is 2.29 bits per heavy atom. The molecule has 5 heteroatoms. The monoisotopic (exact) mass is 318 g/mol. The van der Waals surface area contributed by atoms with Crippen LogP contribution in [0.25, 0.3) is 0 Å². The lowest BCUT2D eigenvalue weighted by Crippen LogP contribution is -2.01. The van der Waals surface area contributed by atoms with E-state index in [0.717, 1.165) is 4.47 Å². The van der Waals surface area contributed by atoms with E-state index in [1.807, 2.05) is 6.07 Å². The molecule has 0 fully saturated rings. The summed E-state index contributed by atoms with van der Waals surface area (Å²) in [5, 5.41) is 0.526. The first-order valence-electron chi connectivity index (χ1n) is 5.04. The maximum absolute atomic E-state index is 11.0. The quantitative estimate of drug-likeness (QED) is 0.614. The average molecular weight is 320 g/mol. The van der Waals surface area contributed by atoms with Gasteiger partial charge in [-0.05, 0) is 31.2 Å². The van der Waals surface area contributed by atoms with Gasteiger partial charge in [-0.1, -0.05) is 27.5 Å². The third-order valence-electron chi connectivity index (χ3n) is 1.77. The Morgan fingerprint density at radius 1 is 1.53 bits per heavy atom. The van der Waals surface area contributed by atoms with E-state index in [1.165, 1.54) is 6.08 Å². The fourth-order valence-electron chi connectivity index (χ4n) is 1.06. The maximum atomic E-state index is 11.0. The fraction of sp³-hybridized carbons (Fsp3) is 0.250. The molecule has 0 aliphatic carbocycles. The van der Waals surface area contributed by atoms with Crippen LogP contribution < -0.4 is 4.74 Å². The molecule has 0 unspecified atom stereocenters. The number of carbonyl (C=O) groups is 1. The SMILES string of the molecule is CCOC(=O)/C=C/COc1cc(Br)ccc1Cl. The van der Waals surface area contributed by atoms with Gasteiger partial charge in [-0.25, -0.2) is 4.79 Å². The zero-order valence-corrected chi connectivity index (χ0v) is 11.6. The van der Waals surface area contributed by atoms with Gasteiger partial charge >= 0.3 is 5.97 Å². The number of ether oxygens (including phenoxy) is 2. The number of halogens is 2. The second-order valence-corrected chi connectivity index (χ2v) is 4.36. The molecule has 1 aromatic carbocycles. The summed E-state index contributed by atoms with van der Waals surface area (Å²) in [5.74, 6) is 0.186. The van der Waals surface area contributed by atoms with Crippen LogP contribution >= 0.6 is 27.5 Å². The Morgan fingerprint density at radius 3 is 3.00 bits per heavy atom. The van der Waals surface area contributed by atoms with Crippen LogP contribution in [0.5, 0.6) is 5.75 Å². The molecule has 0 saturated heterocycles. The van der Waals surface area contributed by atoms with Crippen molar-refractivity contribution in [2.75, 3.05) is 13.2 Å². The molecule has 0 aliphatic rings. The lowest BCUT2D eigenvalue weighted by Gasteiger charge is -2.05. The topological polar surface area (TPSA) is 35.5 Å². The van der Waals surface area contributed by atoms with Gasteiger partial charge < -0.3 is 9.47 Å². The lowest BCUT2D eigenvalue weighted by molar-refractivity contribution is -0.137. The minimum atomic E-state index is -0.378. The van der Waals surface area contributed by atoms with Crippen molar-refractivity contribution in [2.45, 2.75) is 6.92 Å². The zero-order chi connectivity index (χ0) is 12.7. The standard InChI is InChI=1S/C12H12BrClO3/c1-2-16-12(15)4-3-7-17-11-8-9(13)5-6-10(11)14/h3-6,8H,2,7H2,1H3/b4-3+. The van der Waals surface area contributed by atoms with Crippen LogP contribution in [0.1, 0.15) is 6.92 Å². The summed E-state index contributed by atoms with van der Waals surface area (Å²) < 4.78 is 11.0. The van der Waals surface area contributed by atoms with Crippen molar-refractivity contribution in [3.8, 4) is 5.75 Å². The highest BCUT2D eigenvalue weighted by Gasteiger charge is 2.01. The molecule has 0 bridgehead atoms. The summed E-state index contributed by atoms with van der Waals surface area (Å²) in [6.07, 6.45) is 2.91. The Labute approximate surface area is 113 Å². The molecule has 3 nitrogen and oxygen atoms in total. The first-order chi connectivity index (χ1) is 8.13. The van der Waals surface area contributed by atoms with Gasteiger partial charge in [0.1, 0.15) is 12.4 Å². The number of hydrogen-bond donors (Lipinski definition) is 0. The molecule has 1 rings (SSSR count). The van der Waals surface area contributed by atoms with Crippen molar-refractivity contribution < 1.29 is 14.3 Å². The highest BCUT2D eigenvalue weighted by molar-refractivity contribution is 9.10. The number of benzene rings is 1.